The van der Waals surface area contributed by atoms with E-state index in [4.69, 9.17) is 18.9 Å². The number of carbonyl (C=O) groups excluding carboxylic acids is 1. The number of aliphatic hydroxyl groups is 8. The number of nitrogens with one attached hydrogen (secondary N) is 1. The molecule has 12 atom stereocenters. The number of hydrogen-bond acceptors (Lipinski definition) is 13. The van der Waals surface area contributed by atoms with Gasteiger partial charge in [-0.2, -0.15) is 0 Å². The van der Waals surface area contributed by atoms with E-state index in [1.807, 2.05) is 6.08 Å². The van der Waals surface area contributed by atoms with Gasteiger partial charge in [-0.25, -0.2) is 0 Å². The van der Waals surface area contributed by atoms with E-state index >= 15 is 0 Å². The van der Waals surface area contributed by atoms with Gasteiger partial charge in [0, 0.05) is 6.42 Å². The molecule has 1 amide bonds. The lowest BCUT2D eigenvalue weighted by Crippen LogP contribution is -2.65. The molecule has 2 aliphatic heterocycles. The zero-order chi connectivity index (χ0) is 57.4. The van der Waals surface area contributed by atoms with Crippen molar-refractivity contribution in [1.29, 1.82) is 0 Å². The highest BCUT2D eigenvalue weighted by Crippen LogP contribution is 2.30. The van der Waals surface area contributed by atoms with Crippen LogP contribution in [0, 0.1) is 0 Å². The van der Waals surface area contributed by atoms with Gasteiger partial charge in [-0.1, -0.05) is 276 Å². The molecule has 9 N–H and O–H groups in total. The molecule has 2 rings (SSSR count). The fourth-order valence-corrected chi connectivity index (χ4v) is 11.1. The third kappa shape index (κ3) is 36.0. The Morgan fingerprint density at radius 1 is 0.443 bits per heavy atom. The molecule has 0 aromatic carbocycles. The van der Waals surface area contributed by atoms with Gasteiger partial charge in [0.2, 0.25) is 5.91 Å². The van der Waals surface area contributed by atoms with Crippen molar-refractivity contribution in [1.82, 2.24) is 5.32 Å². The van der Waals surface area contributed by atoms with Crippen LogP contribution in [0.2, 0.25) is 0 Å². The lowest BCUT2D eigenvalue weighted by atomic mass is 9.97. The number of aliphatic hydroxyl groups excluding tert-OH is 8. The average molecular weight is 1130 g/mol. The highest BCUT2D eigenvalue weighted by molar-refractivity contribution is 5.76. The Kier molecular flexibility index (Phi) is 47.4. The van der Waals surface area contributed by atoms with E-state index in [0.29, 0.717) is 12.8 Å². The van der Waals surface area contributed by atoms with E-state index in [1.165, 1.54) is 218 Å². The number of hydrogen-bond donors (Lipinski definition) is 9. The average Bonchev–Trinajstić information content (AvgIpc) is 3.48. The van der Waals surface area contributed by atoms with E-state index in [1.54, 1.807) is 6.08 Å². The molecule has 79 heavy (non-hydrogen) atoms. The van der Waals surface area contributed by atoms with E-state index in [2.05, 4.69) is 31.3 Å². The highest BCUT2D eigenvalue weighted by Gasteiger charge is 2.51. The molecule has 2 aliphatic rings. The Morgan fingerprint density at radius 2 is 0.810 bits per heavy atom. The molecule has 0 aromatic rings. The summed E-state index contributed by atoms with van der Waals surface area (Å²) in [5, 5.41) is 86.8. The first-order chi connectivity index (χ1) is 38.6. The van der Waals surface area contributed by atoms with Gasteiger partial charge in [-0.05, 0) is 32.1 Å². The molecule has 2 saturated heterocycles. The summed E-state index contributed by atoms with van der Waals surface area (Å²) in [5.74, 6) is -0.247. The van der Waals surface area contributed by atoms with Crippen molar-refractivity contribution in [2.45, 2.75) is 364 Å². The zero-order valence-corrected chi connectivity index (χ0v) is 50.4. The van der Waals surface area contributed by atoms with Gasteiger partial charge in [-0.3, -0.25) is 4.79 Å². The Bertz CT molecular complexity index is 1420. The van der Waals surface area contributed by atoms with Gasteiger partial charge in [-0.15, -0.1) is 0 Å². The lowest BCUT2D eigenvalue weighted by Gasteiger charge is -2.46. The van der Waals surface area contributed by atoms with Gasteiger partial charge < -0.3 is 65.1 Å². The molecule has 0 aliphatic carbocycles. The normalized spacial score (nSPS) is 24.5. The molecule has 0 radical (unpaired) electrons. The monoisotopic (exact) mass is 1130 g/mol. The fraction of sp³-hybridized carbons (Fsp3) is 0.923. The third-order valence-electron chi connectivity index (χ3n) is 16.4. The van der Waals surface area contributed by atoms with E-state index in [0.717, 1.165) is 38.5 Å². The molecule has 466 valence electrons. The van der Waals surface area contributed by atoms with Crippen LogP contribution in [0.3, 0.4) is 0 Å². The zero-order valence-electron chi connectivity index (χ0n) is 50.4. The Labute approximate surface area is 481 Å². The van der Waals surface area contributed by atoms with E-state index in [-0.39, 0.29) is 18.9 Å². The number of allylic oxidation sites excluding steroid dienone is 3. The van der Waals surface area contributed by atoms with E-state index in [9.17, 15) is 45.6 Å². The molecule has 0 bridgehead atoms. The predicted molar refractivity (Wildman–Crippen MR) is 318 cm³/mol. The topological polar surface area (TPSA) is 228 Å². The summed E-state index contributed by atoms with van der Waals surface area (Å²) >= 11 is 0. The van der Waals surface area contributed by atoms with E-state index < -0.39 is 86.8 Å². The Morgan fingerprint density at radius 3 is 1.24 bits per heavy atom. The molecule has 0 saturated carbocycles. The molecule has 2 fully saturated rings. The van der Waals surface area contributed by atoms with Crippen LogP contribution in [0.4, 0.5) is 0 Å². The first-order valence-corrected chi connectivity index (χ1v) is 33.1. The van der Waals surface area contributed by atoms with Crippen LogP contribution in [0.15, 0.2) is 24.3 Å². The van der Waals surface area contributed by atoms with Crippen molar-refractivity contribution in [2.24, 2.45) is 0 Å². The summed E-state index contributed by atoms with van der Waals surface area (Å²) in [5.41, 5.74) is 0. The third-order valence-corrected chi connectivity index (χ3v) is 16.4. The second kappa shape index (κ2) is 50.9. The molecule has 2 heterocycles. The van der Waals surface area contributed by atoms with Crippen molar-refractivity contribution < 1.29 is 64.6 Å². The second-order valence-electron chi connectivity index (χ2n) is 23.6. The first kappa shape index (κ1) is 73.6. The lowest BCUT2D eigenvalue weighted by molar-refractivity contribution is -0.359. The molecular formula is C65H123NO13. The summed E-state index contributed by atoms with van der Waals surface area (Å²) in [4.78, 5) is 13.2. The van der Waals surface area contributed by atoms with Crippen LogP contribution < -0.4 is 5.32 Å². The summed E-state index contributed by atoms with van der Waals surface area (Å²) < 4.78 is 22.7. The number of amides is 1. The van der Waals surface area contributed by atoms with Gasteiger partial charge in [0.05, 0.1) is 32.0 Å². The minimum absolute atomic E-state index is 0.247. The molecule has 14 nitrogen and oxygen atoms in total. The van der Waals surface area contributed by atoms with Crippen LogP contribution in [-0.4, -0.2) is 140 Å². The van der Waals surface area contributed by atoms with Crippen molar-refractivity contribution in [3.8, 4) is 0 Å². The van der Waals surface area contributed by atoms with Crippen LogP contribution in [0.25, 0.3) is 0 Å². The maximum absolute atomic E-state index is 13.2. The van der Waals surface area contributed by atoms with Gasteiger partial charge in [0.15, 0.2) is 12.6 Å². The standard InChI is InChI=1S/C65H123NO13/c1-3-5-7-9-11-13-14-15-16-17-18-19-20-21-22-23-24-25-26-27-28-29-30-31-32-33-34-35-36-37-38-39-41-43-45-47-49-57(70)66-53(54(69)48-46-44-42-40-12-10-8-6-4-2)52-76-64-62(75)60(73)63(56(51-68)78-64)79-65-61(74)59(72)58(71)55(50-67)77-65/h12,40,46,48,53-56,58-65,67-69,71-75H,3-11,13-39,41-45,47,49-52H2,1-2H3,(H,66,70)/b40-12+,48-46+. The second-order valence-corrected chi connectivity index (χ2v) is 23.6. The fourth-order valence-electron chi connectivity index (χ4n) is 11.1. The van der Waals surface area contributed by atoms with Crippen molar-refractivity contribution in [3.05, 3.63) is 24.3 Å². The molecular weight excluding hydrogens is 1000 g/mol. The number of rotatable bonds is 54. The smallest absolute Gasteiger partial charge is 0.220 e. The molecule has 0 spiro atoms. The maximum atomic E-state index is 13.2. The van der Waals surface area contributed by atoms with Crippen LogP contribution in [-0.2, 0) is 23.7 Å². The Balaban J connectivity index is 1.53. The van der Waals surface area contributed by atoms with Crippen molar-refractivity contribution in [3.63, 3.8) is 0 Å². The van der Waals surface area contributed by atoms with Crippen molar-refractivity contribution in [2.75, 3.05) is 19.8 Å². The summed E-state index contributed by atoms with van der Waals surface area (Å²) in [7, 11) is 0. The summed E-state index contributed by atoms with van der Waals surface area (Å²) in [6, 6.07) is -0.926. The highest BCUT2D eigenvalue weighted by atomic mass is 16.7. The van der Waals surface area contributed by atoms with Crippen molar-refractivity contribution >= 4 is 5.91 Å². The molecule has 12 unspecified atom stereocenters. The number of carbonyl (C=O) groups is 1. The molecule has 0 aromatic heterocycles. The van der Waals surface area contributed by atoms with Crippen LogP contribution in [0.1, 0.15) is 290 Å². The first-order valence-electron chi connectivity index (χ1n) is 33.1. The van der Waals surface area contributed by atoms with Crippen LogP contribution >= 0.6 is 0 Å². The van der Waals surface area contributed by atoms with Gasteiger partial charge in [0.1, 0.15) is 48.8 Å². The number of unbranched alkanes of at least 4 members (excludes halogenated alkanes) is 39. The number of ether oxygens (including phenoxy) is 4. The van der Waals surface area contributed by atoms with Gasteiger partial charge in [0.25, 0.3) is 0 Å². The van der Waals surface area contributed by atoms with Crippen LogP contribution in [0.5, 0.6) is 0 Å². The quantitative estimate of drug-likeness (QED) is 0.0204. The Hall–Kier alpha value is -1.53. The maximum Gasteiger partial charge on any atom is 0.220 e. The minimum Gasteiger partial charge on any atom is -0.394 e. The SMILES string of the molecule is CCCCC/C=C/CC/C=C/C(O)C(COC1OC(CO)C(OC2OC(CO)C(O)C(O)C2O)C(O)C1O)NC(=O)CCCCCCCCCCCCCCCCCCCCCCCCCCCCCCCCCCCCCC. The summed E-state index contributed by atoms with van der Waals surface area (Å²) in [6.07, 6.45) is 45.9. The predicted octanol–water partition coefficient (Wildman–Crippen LogP) is 12.4. The molecule has 14 heteroatoms. The van der Waals surface area contributed by atoms with Gasteiger partial charge >= 0.3 is 0 Å². The minimum atomic E-state index is -1.79. The summed E-state index contributed by atoms with van der Waals surface area (Å²) in [6.45, 7) is 2.74. The largest absolute Gasteiger partial charge is 0.394 e.